The molecule has 3 aliphatic rings. The highest BCUT2D eigenvalue weighted by atomic mass is 19.4. The molecule has 3 amide bonds. The SMILES string of the molecule is CC(C)NC(=O)N1CCc2cc(C(=O)N3CCCC3)c(NCC3CC3)nc2CC1.O=C(O)C(F)(F)F. The molecule has 0 atom stereocenters. The number of aromatic nitrogens is 1. The fourth-order valence-electron chi connectivity index (χ4n) is 4.13. The average Bonchev–Trinajstić information content (AvgIpc) is 3.52. The quantitative estimate of drug-likeness (QED) is 0.557. The molecule has 3 N–H and O–H groups in total. The molecule has 9 nitrogen and oxygen atoms in total. The van der Waals surface area contributed by atoms with E-state index in [2.05, 4.69) is 10.6 Å². The lowest BCUT2D eigenvalue weighted by Gasteiger charge is -2.22. The number of likely N-dealkylation sites (tertiary alicyclic amines) is 1. The largest absolute Gasteiger partial charge is 0.490 e. The van der Waals surface area contributed by atoms with Gasteiger partial charge < -0.3 is 25.5 Å². The first-order valence-corrected chi connectivity index (χ1v) is 12.4. The van der Waals surface area contributed by atoms with E-state index in [1.54, 1.807) is 0 Å². The first-order valence-electron chi connectivity index (χ1n) is 12.4. The summed E-state index contributed by atoms with van der Waals surface area (Å²) in [7, 11) is 0. The number of amides is 3. The number of hydrogen-bond acceptors (Lipinski definition) is 5. The number of nitrogens with zero attached hydrogens (tertiary/aromatic N) is 3. The van der Waals surface area contributed by atoms with Crippen LogP contribution in [0.25, 0.3) is 0 Å². The van der Waals surface area contributed by atoms with Crippen LogP contribution in [-0.2, 0) is 17.6 Å². The first-order chi connectivity index (χ1) is 17.0. The minimum Gasteiger partial charge on any atom is -0.475 e. The molecule has 3 heterocycles. The van der Waals surface area contributed by atoms with Crippen LogP contribution < -0.4 is 10.6 Å². The molecule has 0 radical (unpaired) electrons. The number of aliphatic carboxylic acids is 1. The van der Waals surface area contributed by atoms with Crippen LogP contribution >= 0.6 is 0 Å². The van der Waals surface area contributed by atoms with Crippen LogP contribution in [0.5, 0.6) is 0 Å². The summed E-state index contributed by atoms with van der Waals surface area (Å²) in [6, 6.07) is 2.14. The predicted octanol–water partition coefficient (Wildman–Crippen LogP) is 3.29. The maximum absolute atomic E-state index is 13.2. The number of anilines is 1. The van der Waals surface area contributed by atoms with Gasteiger partial charge in [-0.15, -0.1) is 0 Å². The normalized spacial score (nSPS) is 17.6. The topological polar surface area (TPSA) is 115 Å². The Labute approximate surface area is 208 Å². The van der Waals surface area contributed by atoms with Gasteiger partial charge in [0.05, 0.1) is 5.56 Å². The molecule has 2 aliphatic heterocycles. The van der Waals surface area contributed by atoms with Gasteiger partial charge in [0.15, 0.2) is 0 Å². The van der Waals surface area contributed by atoms with Gasteiger partial charge in [0.25, 0.3) is 5.91 Å². The summed E-state index contributed by atoms with van der Waals surface area (Å²) < 4.78 is 31.7. The van der Waals surface area contributed by atoms with Crippen molar-refractivity contribution >= 4 is 23.7 Å². The number of nitrogens with one attached hydrogen (secondary N) is 2. The first kappa shape index (κ1) is 27.5. The number of halogens is 3. The number of pyridine rings is 1. The Morgan fingerprint density at radius 1 is 1.08 bits per heavy atom. The van der Waals surface area contributed by atoms with Gasteiger partial charge in [-0.2, -0.15) is 13.2 Å². The molecule has 1 saturated carbocycles. The van der Waals surface area contributed by atoms with E-state index in [9.17, 15) is 22.8 Å². The van der Waals surface area contributed by atoms with E-state index in [1.807, 2.05) is 29.7 Å². The molecular weight excluding hydrogens is 479 g/mol. The van der Waals surface area contributed by atoms with Crippen molar-refractivity contribution in [2.24, 2.45) is 5.92 Å². The van der Waals surface area contributed by atoms with Gasteiger partial charge in [0.1, 0.15) is 5.82 Å². The molecule has 1 saturated heterocycles. The molecule has 1 aromatic rings. The summed E-state index contributed by atoms with van der Waals surface area (Å²) in [4.78, 5) is 43.2. The zero-order valence-corrected chi connectivity index (χ0v) is 20.7. The highest BCUT2D eigenvalue weighted by molar-refractivity contribution is 5.99. The number of rotatable bonds is 5. The van der Waals surface area contributed by atoms with Gasteiger partial charge in [-0.05, 0) is 63.5 Å². The van der Waals surface area contributed by atoms with Crippen LogP contribution in [0.4, 0.5) is 23.8 Å². The van der Waals surface area contributed by atoms with Crippen LogP contribution in [0.15, 0.2) is 6.07 Å². The molecule has 4 rings (SSSR count). The molecule has 1 aromatic heterocycles. The Hall–Kier alpha value is -3.05. The average molecular weight is 514 g/mol. The summed E-state index contributed by atoms with van der Waals surface area (Å²) in [5.41, 5.74) is 2.82. The van der Waals surface area contributed by atoms with Crippen molar-refractivity contribution in [1.82, 2.24) is 20.1 Å². The minimum absolute atomic E-state index is 0.0201. The summed E-state index contributed by atoms with van der Waals surface area (Å²) >= 11 is 0. The molecule has 0 spiro atoms. The van der Waals surface area contributed by atoms with Crippen LogP contribution in [-0.4, -0.2) is 82.7 Å². The summed E-state index contributed by atoms with van der Waals surface area (Å²) in [5.74, 6) is -1.23. The van der Waals surface area contributed by atoms with Crippen molar-refractivity contribution < 1.29 is 32.7 Å². The van der Waals surface area contributed by atoms with Gasteiger partial charge in [-0.1, -0.05) is 0 Å². The third-order valence-electron chi connectivity index (χ3n) is 6.28. The summed E-state index contributed by atoms with van der Waals surface area (Å²) in [6.07, 6.45) is 1.04. The molecule has 2 fully saturated rings. The number of fused-ring (bicyclic) bond motifs is 1. The van der Waals surface area contributed by atoms with Gasteiger partial charge in [0, 0.05) is 50.9 Å². The second kappa shape index (κ2) is 11.8. The fraction of sp³-hybridized carbons (Fsp3) is 0.667. The Balaban J connectivity index is 0.000000454. The van der Waals surface area contributed by atoms with Crippen LogP contribution in [0.3, 0.4) is 0 Å². The maximum atomic E-state index is 13.2. The summed E-state index contributed by atoms with van der Waals surface area (Å²) in [5, 5.41) is 13.6. The van der Waals surface area contributed by atoms with Crippen molar-refractivity contribution in [3.05, 3.63) is 22.9 Å². The monoisotopic (exact) mass is 513 g/mol. The summed E-state index contributed by atoms with van der Waals surface area (Å²) in [6.45, 7) is 7.80. The second-order valence-electron chi connectivity index (χ2n) is 9.71. The van der Waals surface area contributed by atoms with Crippen molar-refractivity contribution in [1.29, 1.82) is 0 Å². The van der Waals surface area contributed by atoms with Crippen molar-refractivity contribution in [3.63, 3.8) is 0 Å². The highest BCUT2D eigenvalue weighted by Crippen LogP contribution is 2.30. The molecule has 0 aromatic carbocycles. The molecular formula is C24H34F3N5O4. The molecule has 200 valence electrons. The number of urea groups is 1. The number of alkyl halides is 3. The predicted molar refractivity (Wildman–Crippen MR) is 127 cm³/mol. The van der Waals surface area contributed by atoms with E-state index in [-0.39, 0.29) is 18.0 Å². The molecule has 36 heavy (non-hydrogen) atoms. The van der Waals surface area contributed by atoms with Crippen molar-refractivity contribution in [2.75, 3.05) is 38.0 Å². The van der Waals surface area contributed by atoms with Gasteiger partial charge in [-0.25, -0.2) is 14.6 Å². The van der Waals surface area contributed by atoms with E-state index in [0.717, 1.165) is 62.4 Å². The zero-order chi connectivity index (χ0) is 26.5. The maximum Gasteiger partial charge on any atom is 0.490 e. The highest BCUT2D eigenvalue weighted by Gasteiger charge is 2.38. The number of carbonyl (C=O) groups is 3. The van der Waals surface area contributed by atoms with E-state index in [1.165, 1.54) is 12.8 Å². The smallest absolute Gasteiger partial charge is 0.475 e. The van der Waals surface area contributed by atoms with E-state index < -0.39 is 12.1 Å². The lowest BCUT2D eigenvalue weighted by Crippen LogP contribution is -2.44. The van der Waals surface area contributed by atoms with Crippen LogP contribution in [0.1, 0.15) is 61.1 Å². The van der Waals surface area contributed by atoms with E-state index >= 15 is 0 Å². The standard InChI is InChI=1S/C22H33N5O2.C2HF3O2/c1-15(2)24-22(29)27-11-7-17-13-18(21(28)26-9-3-4-10-26)20(23-14-16-5-6-16)25-19(17)8-12-27;3-2(4,5)1(6)7/h13,15-16H,3-12,14H2,1-2H3,(H,23,25)(H,24,29);(H,6,7). The second-order valence-corrected chi connectivity index (χ2v) is 9.71. The Morgan fingerprint density at radius 3 is 2.25 bits per heavy atom. The fourth-order valence-corrected chi connectivity index (χ4v) is 4.13. The van der Waals surface area contributed by atoms with E-state index in [4.69, 9.17) is 14.9 Å². The van der Waals surface area contributed by atoms with Crippen molar-refractivity contribution in [3.8, 4) is 0 Å². The van der Waals surface area contributed by atoms with E-state index in [0.29, 0.717) is 24.6 Å². The Bertz CT molecular complexity index is 960. The molecule has 1 aliphatic carbocycles. The molecule has 0 unspecified atom stereocenters. The van der Waals surface area contributed by atoms with Crippen LogP contribution in [0, 0.1) is 5.92 Å². The van der Waals surface area contributed by atoms with Gasteiger partial charge in [0.2, 0.25) is 0 Å². The lowest BCUT2D eigenvalue weighted by atomic mass is 10.0. The molecule has 0 bridgehead atoms. The number of hydrogen-bond donors (Lipinski definition) is 3. The zero-order valence-electron chi connectivity index (χ0n) is 20.7. The third-order valence-corrected chi connectivity index (χ3v) is 6.28. The lowest BCUT2D eigenvalue weighted by molar-refractivity contribution is -0.192. The Morgan fingerprint density at radius 2 is 1.69 bits per heavy atom. The molecule has 12 heteroatoms. The number of carbonyl (C=O) groups excluding carboxylic acids is 2. The van der Waals surface area contributed by atoms with Gasteiger partial charge >= 0.3 is 18.2 Å². The van der Waals surface area contributed by atoms with Crippen LogP contribution in [0.2, 0.25) is 0 Å². The minimum atomic E-state index is -5.08. The number of carboxylic acid groups (broad SMARTS) is 1. The number of carboxylic acids is 1. The third kappa shape index (κ3) is 7.72. The van der Waals surface area contributed by atoms with Gasteiger partial charge in [-0.3, -0.25) is 4.79 Å². The van der Waals surface area contributed by atoms with Crippen molar-refractivity contribution in [2.45, 2.75) is 64.6 Å². The Kier molecular flexibility index (Phi) is 9.02.